The molecule has 0 bridgehead atoms. The van der Waals surface area contributed by atoms with Crippen LogP contribution in [-0.2, 0) is 30.4 Å². The van der Waals surface area contributed by atoms with Crippen LogP contribution in [0.15, 0.2) is 30.5 Å². The number of aliphatic carboxylic acids is 1. The van der Waals surface area contributed by atoms with E-state index in [0.29, 0.717) is 19.4 Å². The number of benzene rings is 1. The van der Waals surface area contributed by atoms with Gasteiger partial charge in [-0.1, -0.05) is 24.6 Å². The summed E-state index contributed by atoms with van der Waals surface area (Å²) in [5, 5.41) is 20.1. The molecule has 2 rings (SSSR count). The summed E-state index contributed by atoms with van der Waals surface area (Å²) in [7, 11) is 0. The normalized spacial score (nSPS) is 14.1. The van der Waals surface area contributed by atoms with Crippen LogP contribution in [-0.4, -0.2) is 76.9 Å². The molecule has 0 unspecified atom stereocenters. The molecule has 1 heterocycles. The monoisotopic (exact) mass is 531 g/mol. The number of para-hydroxylation sites is 1. The van der Waals surface area contributed by atoms with Crippen molar-refractivity contribution in [2.75, 3.05) is 13.1 Å². The van der Waals surface area contributed by atoms with Gasteiger partial charge in [0.1, 0.15) is 18.1 Å². The van der Waals surface area contributed by atoms with Gasteiger partial charge in [-0.3, -0.25) is 19.2 Å². The first-order chi connectivity index (χ1) is 18.0. The van der Waals surface area contributed by atoms with Gasteiger partial charge in [0, 0.05) is 23.5 Å². The predicted octanol–water partition coefficient (Wildman–Crippen LogP) is -1.14. The lowest BCUT2D eigenvalue weighted by Crippen LogP contribution is -2.54. The molecule has 0 spiro atoms. The van der Waals surface area contributed by atoms with Crippen molar-refractivity contribution in [3.05, 3.63) is 36.0 Å². The molecule has 4 atom stereocenters. The second-order valence-corrected chi connectivity index (χ2v) is 9.09. The highest BCUT2D eigenvalue weighted by Crippen LogP contribution is 2.19. The summed E-state index contributed by atoms with van der Waals surface area (Å²) in [4.78, 5) is 64.0. The topological polar surface area (TPSA) is 222 Å². The molecule has 0 saturated heterocycles. The Kier molecular flexibility index (Phi) is 11.7. The van der Waals surface area contributed by atoms with Gasteiger partial charge in [0.05, 0.1) is 12.6 Å². The molecule has 1 aromatic heterocycles. The summed E-state index contributed by atoms with van der Waals surface area (Å²) in [6.45, 7) is 2.88. The van der Waals surface area contributed by atoms with Crippen molar-refractivity contribution in [1.29, 1.82) is 0 Å². The number of H-pyrrole nitrogens is 1. The van der Waals surface area contributed by atoms with Crippen LogP contribution in [0.1, 0.15) is 38.7 Å². The van der Waals surface area contributed by atoms with Gasteiger partial charge in [0.15, 0.2) is 0 Å². The maximum atomic E-state index is 12.4. The number of carboxylic acid groups (broad SMARTS) is 1. The van der Waals surface area contributed by atoms with Crippen LogP contribution in [0.3, 0.4) is 0 Å². The average molecular weight is 532 g/mol. The van der Waals surface area contributed by atoms with Crippen molar-refractivity contribution in [2.45, 2.75) is 63.7 Å². The Labute approximate surface area is 220 Å². The highest BCUT2D eigenvalue weighted by atomic mass is 16.4. The number of carboxylic acids is 1. The van der Waals surface area contributed by atoms with Crippen molar-refractivity contribution in [3.63, 3.8) is 0 Å². The second-order valence-electron chi connectivity index (χ2n) is 9.09. The number of nitrogens with two attached hydrogens (primary N) is 2. The molecule has 0 aliphatic carbocycles. The fourth-order valence-electron chi connectivity index (χ4n) is 3.72. The van der Waals surface area contributed by atoms with E-state index < -0.39 is 60.3 Å². The van der Waals surface area contributed by atoms with Gasteiger partial charge in [0.2, 0.25) is 23.6 Å². The van der Waals surface area contributed by atoms with Crippen LogP contribution in [0.2, 0.25) is 0 Å². The Bertz CT molecular complexity index is 1130. The van der Waals surface area contributed by atoms with Crippen LogP contribution in [0.5, 0.6) is 0 Å². The number of hydrogen-bond donors (Lipinski definition) is 8. The minimum absolute atomic E-state index is 0.0474. The lowest BCUT2D eigenvalue weighted by molar-refractivity contribution is -0.141. The molecule has 2 aromatic rings. The Hall–Kier alpha value is -3.97. The van der Waals surface area contributed by atoms with E-state index in [-0.39, 0.29) is 6.42 Å². The molecule has 13 heteroatoms. The Morgan fingerprint density at radius 1 is 0.947 bits per heavy atom. The highest BCUT2D eigenvalue weighted by molar-refractivity contribution is 5.94. The lowest BCUT2D eigenvalue weighted by Gasteiger charge is -2.20. The smallest absolute Gasteiger partial charge is 0.326 e. The van der Waals surface area contributed by atoms with Gasteiger partial charge in [-0.05, 0) is 44.9 Å². The molecule has 4 amide bonds. The number of rotatable bonds is 15. The van der Waals surface area contributed by atoms with E-state index in [1.807, 2.05) is 24.3 Å². The molecule has 0 saturated carbocycles. The second kappa shape index (κ2) is 14.7. The Morgan fingerprint density at radius 3 is 2.29 bits per heavy atom. The summed E-state index contributed by atoms with van der Waals surface area (Å²) in [5.41, 5.74) is 12.8. The van der Waals surface area contributed by atoms with E-state index in [1.54, 1.807) is 6.20 Å². The van der Waals surface area contributed by atoms with Crippen LogP contribution >= 0.6 is 0 Å². The van der Waals surface area contributed by atoms with E-state index in [0.717, 1.165) is 22.9 Å². The maximum Gasteiger partial charge on any atom is 0.326 e. The Balaban J connectivity index is 1.79. The van der Waals surface area contributed by atoms with Gasteiger partial charge in [-0.15, -0.1) is 0 Å². The summed E-state index contributed by atoms with van der Waals surface area (Å²) < 4.78 is 0. The van der Waals surface area contributed by atoms with Crippen molar-refractivity contribution in [1.82, 2.24) is 26.3 Å². The van der Waals surface area contributed by atoms with Gasteiger partial charge >= 0.3 is 5.97 Å². The standard InChI is InChI=1S/C25H37N7O6/c1-14(30-23(35)15(2)31-24(36)18(27)8-5-6-10-26)22(34)29-13-21(33)32-20(25(37)38)11-16-12-28-19-9-4-3-7-17(16)19/h3-4,7,9,12,14-15,18,20,28H,5-6,8,10-11,13,26-27H2,1-2H3,(H,29,34)(H,30,35)(H,31,36)(H,32,33)(H,37,38)/t14-,15-,18-,20-/m0/s1. The first-order valence-electron chi connectivity index (χ1n) is 12.4. The molecule has 0 aliphatic rings. The SMILES string of the molecule is C[C@H](NC(=O)[C@H](C)NC(=O)[C@@H](N)CCCCN)C(=O)NCC(=O)N[C@@H](Cc1c[nH]c2ccccc12)C(=O)O. The summed E-state index contributed by atoms with van der Waals surface area (Å²) in [6, 6.07) is 3.45. The Morgan fingerprint density at radius 2 is 1.61 bits per heavy atom. The molecular formula is C25H37N7O6. The number of carbonyl (C=O) groups excluding carboxylic acids is 4. The van der Waals surface area contributed by atoms with Crippen molar-refractivity contribution < 1.29 is 29.1 Å². The number of nitrogens with one attached hydrogen (secondary N) is 5. The van der Waals surface area contributed by atoms with Crippen molar-refractivity contribution in [3.8, 4) is 0 Å². The zero-order valence-corrected chi connectivity index (χ0v) is 21.6. The summed E-state index contributed by atoms with van der Waals surface area (Å²) in [6.07, 6.45) is 3.60. The number of aromatic nitrogens is 1. The molecule has 38 heavy (non-hydrogen) atoms. The van der Waals surface area contributed by atoms with Crippen LogP contribution < -0.4 is 32.7 Å². The number of carbonyl (C=O) groups is 5. The van der Waals surface area contributed by atoms with Gasteiger partial charge in [-0.2, -0.15) is 0 Å². The first-order valence-corrected chi connectivity index (χ1v) is 12.4. The number of unbranched alkanes of at least 4 members (excludes halogenated alkanes) is 1. The van der Waals surface area contributed by atoms with Crippen molar-refractivity contribution >= 4 is 40.5 Å². The number of hydrogen-bond acceptors (Lipinski definition) is 7. The number of fused-ring (bicyclic) bond motifs is 1. The molecule has 10 N–H and O–H groups in total. The van der Waals surface area contributed by atoms with Gasteiger partial charge in [0.25, 0.3) is 0 Å². The van der Waals surface area contributed by atoms with E-state index >= 15 is 0 Å². The molecule has 13 nitrogen and oxygen atoms in total. The van der Waals surface area contributed by atoms with E-state index in [4.69, 9.17) is 11.5 Å². The van der Waals surface area contributed by atoms with Crippen LogP contribution in [0.25, 0.3) is 10.9 Å². The third kappa shape index (κ3) is 9.16. The van der Waals surface area contributed by atoms with Crippen molar-refractivity contribution in [2.24, 2.45) is 11.5 Å². The molecule has 0 radical (unpaired) electrons. The quantitative estimate of drug-likeness (QED) is 0.131. The third-order valence-corrected chi connectivity index (χ3v) is 5.97. The fourth-order valence-corrected chi connectivity index (χ4v) is 3.72. The zero-order valence-electron chi connectivity index (χ0n) is 21.6. The van der Waals surface area contributed by atoms with E-state index in [1.165, 1.54) is 13.8 Å². The minimum Gasteiger partial charge on any atom is -0.480 e. The molecular weight excluding hydrogens is 494 g/mol. The van der Waals surface area contributed by atoms with Crippen LogP contribution in [0.4, 0.5) is 0 Å². The number of aromatic amines is 1. The maximum absolute atomic E-state index is 12.4. The first kappa shape index (κ1) is 30.3. The molecule has 208 valence electrons. The molecule has 0 aliphatic heterocycles. The van der Waals surface area contributed by atoms with Crippen LogP contribution in [0, 0.1) is 0 Å². The predicted molar refractivity (Wildman–Crippen MR) is 141 cm³/mol. The molecule has 0 fully saturated rings. The third-order valence-electron chi connectivity index (χ3n) is 5.97. The molecule has 1 aromatic carbocycles. The fraction of sp³-hybridized carbons (Fsp3) is 0.480. The minimum atomic E-state index is -1.22. The van der Waals surface area contributed by atoms with Gasteiger partial charge < -0.3 is 42.8 Å². The van der Waals surface area contributed by atoms with E-state index in [9.17, 15) is 29.1 Å². The number of amides is 4. The largest absolute Gasteiger partial charge is 0.480 e. The van der Waals surface area contributed by atoms with Gasteiger partial charge in [-0.25, -0.2) is 4.79 Å². The zero-order chi connectivity index (χ0) is 28.2. The summed E-state index contributed by atoms with van der Waals surface area (Å²) >= 11 is 0. The highest BCUT2D eigenvalue weighted by Gasteiger charge is 2.25. The lowest BCUT2D eigenvalue weighted by atomic mass is 10.0. The van der Waals surface area contributed by atoms with E-state index in [2.05, 4.69) is 26.3 Å². The average Bonchev–Trinajstić information content (AvgIpc) is 3.29. The summed E-state index contributed by atoms with van der Waals surface area (Å²) in [5.74, 6) is -3.67.